The Morgan fingerprint density at radius 1 is 1.28 bits per heavy atom. The van der Waals surface area contributed by atoms with Crippen LogP contribution in [0.5, 0.6) is 0 Å². The number of hydrogen-bond acceptors (Lipinski definition) is 3. The third kappa shape index (κ3) is 3.17. The Kier molecular flexibility index (Phi) is 5.31. The summed E-state index contributed by atoms with van der Waals surface area (Å²) < 4.78 is 0.877. The van der Waals surface area contributed by atoms with Gasteiger partial charge in [-0.1, -0.05) is 29.3 Å². The van der Waals surface area contributed by atoms with Crippen LogP contribution in [0.15, 0.2) is 18.2 Å². The molecule has 0 aliphatic carbocycles. The van der Waals surface area contributed by atoms with Crippen LogP contribution in [-0.4, -0.2) is 35.5 Å². The second-order valence-electron chi connectivity index (χ2n) is 7.32. The number of rotatable bonds is 2. The van der Waals surface area contributed by atoms with Crippen molar-refractivity contribution in [1.82, 2.24) is 10.2 Å². The molecule has 7 heteroatoms. The topological polar surface area (TPSA) is 32.3 Å². The molecule has 3 nitrogen and oxygen atoms in total. The van der Waals surface area contributed by atoms with Gasteiger partial charge in [-0.2, -0.15) is 0 Å². The second-order valence-corrected chi connectivity index (χ2v) is 9.16. The smallest absolute Gasteiger partial charge is 0.261 e. The zero-order valence-corrected chi connectivity index (χ0v) is 17.3. The molecule has 3 saturated heterocycles. The molecule has 3 aliphatic rings. The molecule has 5 rings (SSSR count). The maximum atomic E-state index is 12.8. The molecule has 2 aromatic rings. The first-order chi connectivity index (χ1) is 11.4. The van der Waals surface area contributed by atoms with Crippen LogP contribution in [0.2, 0.25) is 10.0 Å². The summed E-state index contributed by atoms with van der Waals surface area (Å²) in [4.78, 5) is 16.0. The maximum absolute atomic E-state index is 12.8. The van der Waals surface area contributed by atoms with Crippen LogP contribution in [0.3, 0.4) is 0 Å². The summed E-state index contributed by atoms with van der Waals surface area (Å²) in [6.45, 7) is 6.76. The van der Waals surface area contributed by atoms with E-state index in [-0.39, 0.29) is 29.9 Å². The number of amides is 1. The Balaban J connectivity index is 0.00000182. The van der Waals surface area contributed by atoms with Gasteiger partial charge in [0.1, 0.15) is 0 Å². The molecule has 1 N–H and O–H groups in total. The average Bonchev–Trinajstić information content (AvgIpc) is 3.00. The predicted octanol–water partition coefficient (Wildman–Crippen LogP) is 5.23. The lowest BCUT2D eigenvalue weighted by molar-refractivity contribution is -0.0377. The summed E-state index contributed by atoms with van der Waals surface area (Å²) in [6, 6.07) is 5.79. The van der Waals surface area contributed by atoms with Crippen molar-refractivity contribution in [2.75, 3.05) is 13.1 Å². The van der Waals surface area contributed by atoms with E-state index in [0.29, 0.717) is 20.8 Å². The van der Waals surface area contributed by atoms with Crippen molar-refractivity contribution in [2.24, 2.45) is 5.92 Å². The van der Waals surface area contributed by atoms with Crippen molar-refractivity contribution in [2.45, 2.75) is 38.3 Å². The number of nitrogens with one attached hydrogen (secondary N) is 1. The van der Waals surface area contributed by atoms with Crippen molar-refractivity contribution in [3.63, 3.8) is 0 Å². The van der Waals surface area contributed by atoms with Crippen molar-refractivity contribution < 1.29 is 4.79 Å². The molecule has 1 aromatic heterocycles. The fourth-order valence-electron chi connectivity index (χ4n) is 4.25. The molecule has 0 spiro atoms. The summed E-state index contributed by atoms with van der Waals surface area (Å²) in [7, 11) is 0. The lowest BCUT2D eigenvalue weighted by Crippen LogP contribution is -2.69. The molecule has 136 valence electrons. The number of benzene rings is 1. The molecule has 0 unspecified atom stereocenters. The molecule has 0 radical (unpaired) electrons. The number of carbonyl (C=O) groups excluding carboxylic acids is 1. The highest BCUT2D eigenvalue weighted by Crippen LogP contribution is 2.40. The Hall–Kier alpha value is -0.520. The first kappa shape index (κ1) is 19.2. The maximum Gasteiger partial charge on any atom is 0.261 e. The fourth-order valence-corrected chi connectivity index (χ4v) is 5.75. The molecule has 4 heterocycles. The first-order valence-corrected chi connectivity index (χ1v) is 9.88. The molecule has 2 bridgehead atoms. The van der Waals surface area contributed by atoms with Gasteiger partial charge < -0.3 is 5.32 Å². The van der Waals surface area contributed by atoms with E-state index in [4.69, 9.17) is 23.2 Å². The van der Waals surface area contributed by atoms with Gasteiger partial charge in [0.2, 0.25) is 0 Å². The highest BCUT2D eigenvalue weighted by Gasteiger charge is 2.48. The van der Waals surface area contributed by atoms with Gasteiger partial charge in [-0.05, 0) is 63.2 Å². The summed E-state index contributed by atoms with van der Waals surface area (Å²) in [5.74, 6) is 0.566. The Morgan fingerprint density at radius 3 is 2.60 bits per heavy atom. The van der Waals surface area contributed by atoms with E-state index in [2.05, 4.69) is 24.1 Å². The minimum atomic E-state index is -0.00443. The molecule has 3 aliphatic heterocycles. The molecule has 1 aromatic carbocycles. The third-order valence-electron chi connectivity index (χ3n) is 5.68. The van der Waals surface area contributed by atoms with Crippen molar-refractivity contribution in [3.05, 3.63) is 33.1 Å². The van der Waals surface area contributed by atoms with Crippen LogP contribution in [0, 0.1) is 5.92 Å². The van der Waals surface area contributed by atoms with Gasteiger partial charge in [-0.3, -0.25) is 9.69 Å². The summed E-state index contributed by atoms with van der Waals surface area (Å²) >= 11 is 13.8. The van der Waals surface area contributed by atoms with E-state index in [1.54, 1.807) is 6.07 Å². The van der Waals surface area contributed by atoms with E-state index in [9.17, 15) is 4.79 Å². The van der Waals surface area contributed by atoms with Gasteiger partial charge in [0, 0.05) is 11.6 Å². The lowest BCUT2D eigenvalue weighted by Gasteiger charge is -2.56. The molecule has 1 atom stereocenters. The van der Waals surface area contributed by atoms with Crippen LogP contribution in [0.4, 0.5) is 0 Å². The van der Waals surface area contributed by atoms with E-state index in [0.717, 1.165) is 23.2 Å². The standard InChI is InChI=1S/C18H20Cl2N2OS.ClH/c1-18(2)16(10-5-7-22(18)8-6-10)21-17(23)13-9-11-3-4-12(19)14(20)15(11)24-13;/h3-4,9-10,16H,5-8H2,1-2H3,(H,21,23);1H/t16-;/m1./s1. The van der Waals surface area contributed by atoms with Crippen LogP contribution >= 0.6 is 46.9 Å². The monoisotopic (exact) mass is 418 g/mol. The minimum absolute atomic E-state index is 0. The number of thiophene rings is 1. The first-order valence-electron chi connectivity index (χ1n) is 8.31. The number of carbonyl (C=O) groups is 1. The quantitative estimate of drug-likeness (QED) is 0.722. The zero-order chi connectivity index (χ0) is 17.1. The van der Waals surface area contributed by atoms with Gasteiger partial charge in [0.15, 0.2) is 0 Å². The third-order valence-corrected chi connectivity index (χ3v) is 7.76. The van der Waals surface area contributed by atoms with E-state index >= 15 is 0 Å². The van der Waals surface area contributed by atoms with Gasteiger partial charge in [0.05, 0.1) is 19.6 Å². The Morgan fingerprint density at radius 2 is 1.96 bits per heavy atom. The summed E-state index contributed by atoms with van der Waals surface area (Å²) in [5.41, 5.74) is 0.00839. The fraction of sp³-hybridized carbons (Fsp3) is 0.500. The summed E-state index contributed by atoms with van der Waals surface area (Å²) in [6.07, 6.45) is 2.34. The summed E-state index contributed by atoms with van der Waals surface area (Å²) in [5, 5.41) is 5.32. The zero-order valence-electron chi connectivity index (χ0n) is 14.1. The molecule has 25 heavy (non-hydrogen) atoms. The molecular formula is C18H21Cl3N2OS. The largest absolute Gasteiger partial charge is 0.346 e. The van der Waals surface area contributed by atoms with Crippen LogP contribution in [-0.2, 0) is 0 Å². The molecule has 3 fully saturated rings. The second kappa shape index (κ2) is 6.90. The van der Waals surface area contributed by atoms with Crippen LogP contribution in [0.25, 0.3) is 10.1 Å². The van der Waals surface area contributed by atoms with Crippen molar-refractivity contribution in [1.29, 1.82) is 0 Å². The number of piperidine rings is 3. The average molecular weight is 420 g/mol. The number of hydrogen-bond donors (Lipinski definition) is 1. The molecule has 0 saturated carbocycles. The number of fused-ring (bicyclic) bond motifs is 4. The van der Waals surface area contributed by atoms with Gasteiger partial charge >= 0.3 is 0 Å². The van der Waals surface area contributed by atoms with Crippen molar-refractivity contribution >= 4 is 62.9 Å². The van der Waals surface area contributed by atoms with Gasteiger partial charge in [-0.25, -0.2) is 0 Å². The number of nitrogens with zero attached hydrogens (tertiary/aromatic N) is 1. The van der Waals surface area contributed by atoms with Crippen LogP contribution in [0.1, 0.15) is 36.4 Å². The highest BCUT2D eigenvalue weighted by molar-refractivity contribution is 7.21. The van der Waals surface area contributed by atoms with E-state index < -0.39 is 0 Å². The van der Waals surface area contributed by atoms with E-state index in [1.807, 2.05) is 12.1 Å². The molecule has 1 amide bonds. The Labute approximate surface area is 168 Å². The normalized spacial score (nSPS) is 27.1. The van der Waals surface area contributed by atoms with Crippen molar-refractivity contribution in [3.8, 4) is 0 Å². The number of halogens is 3. The minimum Gasteiger partial charge on any atom is -0.346 e. The SMILES string of the molecule is CC1(C)[C@H](NC(=O)c2cc3ccc(Cl)c(Cl)c3s2)C2CCN1CC2.Cl. The predicted molar refractivity (Wildman–Crippen MR) is 109 cm³/mol. The molecular weight excluding hydrogens is 399 g/mol. The Bertz CT molecular complexity index is 812. The highest BCUT2D eigenvalue weighted by atomic mass is 35.5. The van der Waals surface area contributed by atoms with Gasteiger partial charge in [-0.15, -0.1) is 23.7 Å². The van der Waals surface area contributed by atoms with Gasteiger partial charge in [0.25, 0.3) is 5.91 Å². The lowest BCUT2D eigenvalue weighted by atomic mass is 9.72. The van der Waals surface area contributed by atoms with Crippen LogP contribution < -0.4 is 5.32 Å². The van der Waals surface area contributed by atoms with E-state index in [1.165, 1.54) is 24.2 Å².